The standard InChI is InChI=1S/C9H19NO3/c1-2-12-8(5-10)3-4-13-9-6-11-7-9/h8-9H,2-7,10H2,1H3. The molecule has 1 rings (SSSR count). The summed E-state index contributed by atoms with van der Waals surface area (Å²) in [7, 11) is 0. The Morgan fingerprint density at radius 1 is 1.54 bits per heavy atom. The summed E-state index contributed by atoms with van der Waals surface area (Å²) in [5.41, 5.74) is 5.52. The highest BCUT2D eigenvalue weighted by Crippen LogP contribution is 2.06. The average molecular weight is 189 g/mol. The minimum Gasteiger partial charge on any atom is -0.377 e. The number of ether oxygens (including phenoxy) is 3. The summed E-state index contributed by atoms with van der Waals surface area (Å²) in [6.45, 7) is 5.45. The molecule has 0 aliphatic carbocycles. The van der Waals surface area contributed by atoms with E-state index >= 15 is 0 Å². The zero-order valence-electron chi connectivity index (χ0n) is 8.20. The zero-order valence-corrected chi connectivity index (χ0v) is 8.20. The van der Waals surface area contributed by atoms with Gasteiger partial charge in [-0.05, 0) is 13.3 Å². The molecule has 1 fully saturated rings. The lowest BCUT2D eigenvalue weighted by Gasteiger charge is -2.26. The highest BCUT2D eigenvalue weighted by atomic mass is 16.6. The Morgan fingerprint density at radius 3 is 2.77 bits per heavy atom. The Balaban J connectivity index is 1.94. The molecule has 2 N–H and O–H groups in total. The molecule has 1 atom stereocenters. The fourth-order valence-corrected chi connectivity index (χ4v) is 1.18. The van der Waals surface area contributed by atoms with E-state index in [0.717, 1.165) is 26.2 Å². The smallest absolute Gasteiger partial charge is 0.104 e. The van der Waals surface area contributed by atoms with Crippen molar-refractivity contribution in [1.82, 2.24) is 0 Å². The molecule has 0 saturated carbocycles. The van der Waals surface area contributed by atoms with Crippen LogP contribution in [0.15, 0.2) is 0 Å². The molecule has 0 aromatic heterocycles. The van der Waals surface area contributed by atoms with Gasteiger partial charge in [-0.25, -0.2) is 0 Å². The van der Waals surface area contributed by atoms with Crippen molar-refractivity contribution in [2.24, 2.45) is 5.73 Å². The molecule has 0 radical (unpaired) electrons. The second-order valence-electron chi connectivity index (χ2n) is 3.13. The molecule has 1 aliphatic rings. The van der Waals surface area contributed by atoms with Crippen molar-refractivity contribution in [3.8, 4) is 0 Å². The summed E-state index contributed by atoms with van der Waals surface area (Å²) in [5, 5.41) is 0. The van der Waals surface area contributed by atoms with E-state index in [1.165, 1.54) is 0 Å². The van der Waals surface area contributed by atoms with Crippen LogP contribution >= 0.6 is 0 Å². The topological polar surface area (TPSA) is 53.7 Å². The highest BCUT2D eigenvalue weighted by molar-refractivity contribution is 4.65. The molecule has 0 bridgehead atoms. The molecule has 0 amide bonds. The third-order valence-electron chi connectivity index (χ3n) is 2.07. The van der Waals surface area contributed by atoms with Gasteiger partial charge in [0.1, 0.15) is 6.10 Å². The van der Waals surface area contributed by atoms with Gasteiger partial charge in [-0.1, -0.05) is 0 Å². The molecule has 4 heteroatoms. The van der Waals surface area contributed by atoms with E-state index in [-0.39, 0.29) is 6.10 Å². The first kappa shape index (κ1) is 10.9. The SMILES string of the molecule is CCOC(CN)CCOC1COC1. The first-order chi connectivity index (χ1) is 6.36. The van der Waals surface area contributed by atoms with E-state index in [9.17, 15) is 0 Å². The van der Waals surface area contributed by atoms with Crippen LogP contribution in [0, 0.1) is 0 Å². The van der Waals surface area contributed by atoms with Crippen molar-refractivity contribution in [3.05, 3.63) is 0 Å². The molecule has 0 aromatic rings. The van der Waals surface area contributed by atoms with Gasteiger partial charge in [0.15, 0.2) is 0 Å². The second kappa shape index (κ2) is 6.32. The molecule has 1 saturated heterocycles. The van der Waals surface area contributed by atoms with Crippen molar-refractivity contribution in [2.45, 2.75) is 25.6 Å². The molecule has 13 heavy (non-hydrogen) atoms. The summed E-state index contributed by atoms with van der Waals surface area (Å²) in [5.74, 6) is 0. The molecule has 4 nitrogen and oxygen atoms in total. The predicted molar refractivity (Wildman–Crippen MR) is 49.6 cm³/mol. The quantitative estimate of drug-likeness (QED) is 0.619. The summed E-state index contributed by atoms with van der Waals surface area (Å²) >= 11 is 0. The fraction of sp³-hybridized carbons (Fsp3) is 1.00. The number of hydrogen-bond donors (Lipinski definition) is 1. The second-order valence-corrected chi connectivity index (χ2v) is 3.13. The van der Waals surface area contributed by atoms with E-state index in [1.54, 1.807) is 0 Å². The largest absolute Gasteiger partial charge is 0.377 e. The van der Waals surface area contributed by atoms with Crippen LogP contribution in [0.4, 0.5) is 0 Å². The minimum absolute atomic E-state index is 0.144. The van der Waals surface area contributed by atoms with Crippen molar-refractivity contribution in [2.75, 3.05) is 33.0 Å². The average Bonchev–Trinajstić information content (AvgIpc) is 2.07. The lowest BCUT2D eigenvalue weighted by atomic mass is 10.2. The van der Waals surface area contributed by atoms with Crippen LogP contribution in [-0.4, -0.2) is 45.2 Å². The predicted octanol–water partition coefficient (Wildman–Crippen LogP) is 0.156. The molecule has 1 unspecified atom stereocenters. The third-order valence-corrected chi connectivity index (χ3v) is 2.07. The van der Waals surface area contributed by atoms with Gasteiger partial charge in [0, 0.05) is 19.8 Å². The summed E-state index contributed by atoms with van der Waals surface area (Å²) < 4.78 is 15.9. The number of rotatable bonds is 7. The van der Waals surface area contributed by atoms with Crippen LogP contribution in [0.1, 0.15) is 13.3 Å². The summed E-state index contributed by atoms with van der Waals surface area (Å²) in [4.78, 5) is 0. The van der Waals surface area contributed by atoms with E-state index in [1.807, 2.05) is 6.92 Å². The number of nitrogens with two attached hydrogens (primary N) is 1. The maximum Gasteiger partial charge on any atom is 0.104 e. The van der Waals surface area contributed by atoms with Gasteiger partial charge in [-0.2, -0.15) is 0 Å². The van der Waals surface area contributed by atoms with Crippen LogP contribution in [0.5, 0.6) is 0 Å². The van der Waals surface area contributed by atoms with Crippen LogP contribution in [0.3, 0.4) is 0 Å². The summed E-state index contributed by atoms with van der Waals surface area (Å²) in [6, 6.07) is 0. The van der Waals surface area contributed by atoms with E-state index in [0.29, 0.717) is 19.3 Å². The van der Waals surface area contributed by atoms with Gasteiger partial charge in [0.2, 0.25) is 0 Å². The van der Waals surface area contributed by atoms with Gasteiger partial charge in [-0.15, -0.1) is 0 Å². The molecule has 0 spiro atoms. The third kappa shape index (κ3) is 4.04. The Labute approximate surface area is 79.3 Å². The van der Waals surface area contributed by atoms with E-state index in [2.05, 4.69) is 0 Å². The molecule has 1 aliphatic heterocycles. The lowest BCUT2D eigenvalue weighted by Crippen LogP contribution is -2.37. The van der Waals surface area contributed by atoms with Crippen molar-refractivity contribution < 1.29 is 14.2 Å². The monoisotopic (exact) mass is 189 g/mol. The van der Waals surface area contributed by atoms with Crippen molar-refractivity contribution >= 4 is 0 Å². The maximum atomic E-state index is 5.52. The van der Waals surface area contributed by atoms with E-state index < -0.39 is 0 Å². The first-order valence-electron chi connectivity index (χ1n) is 4.87. The van der Waals surface area contributed by atoms with E-state index in [4.69, 9.17) is 19.9 Å². The van der Waals surface area contributed by atoms with Gasteiger partial charge < -0.3 is 19.9 Å². The molecular weight excluding hydrogens is 170 g/mol. The van der Waals surface area contributed by atoms with Crippen molar-refractivity contribution in [3.63, 3.8) is 0 Å². The first-order valence-corrected chi connectivity index (χ1v) is 4.87. The van der Waals surface area contributed by atoms with Crippen LogP contribution in [-0.2, 0) is 14.2 Å². The Bertz CT molecular complexity index is 128. The van der Waals surface area contributed by atoms with Crippen LogP contribution in [0.2, 0.25) is 0 Å². The van der Waals surface area contributed by atoms with Gasteiger partial charge >= 0.3 is 0 Å². The lowest BCUT2D eigenvalue weighted by molar-refractivity contribution is -0.133. The molecule has 1 heterocycles. The fourth-order valence-electron chi connectivity index (χ4n) is 1.18. The highest BCUT2D eigenvalue weighted by Gasteiger charge is 2.18. The Kier molecular flexibility index (Phi) is 5.31. The van der Waals surface area contributed by atoms with Gasteiger partial charge in [0.25, 0.3) is 0 Å². The van der Waals surface area contributed by atoms with Gasteiger partial charge in [0.05, 0.1) is 19.3 Å². The maximum absolute atomic E-state index is 5.52. The molecule has 0 aromatic carbocycles. The normalized spacial score (nSPS) is 19.8. The molecule has 78 valence electrons. The van der Waals surface area contributed by atoms with Crippen LogP contribution < -0.4 is 5.73 Å². The zero-order chi connectivity index (χ0) is 9.52. The minimum atomic E-state index is 0.144. The number of hydrogen-bond acceptors (Lipinski definition) is 4. The Morgan fingerprint density at radius 2 is 2.31 bits per heavy atom. The van der Waals surface area contributed by atoms with Crippen molar-refractivity contribution in [1.29, 1.82) is 0 Å². The summed E-state index contributed by atoms with van der Waals surface area (Å²) in [6.07, 6.45) is 1.33. The molecular formula is C9H19NO3. The van der Waals surface area contributed by atoms with Crippen LogP contribution in [0.25, 0.3) is 0 Å². The Hall–Kier alpha value is -0.160. The van der Waals surface area contributed by atoms with Gasteiger partial charge in [-0.3, -0.25) is 0 Å².